The van der Waals surface area contributed by atoms with Crippen LogP contribution in [-0.2, 0) is 30.5 Å². The van der Waals surface area contributed by atoms with E-state index in [-0.39, 0.29) is 29.4 Å². The smallest absolute Gasteiger partial charge is 0.435 e. The minimum absolute atomic E-state index is 0.0136. The van der Waals surface area contributed by atoms with Crippen molar-refractivity contribution in [2.75, 3.05) is 20.2 Å². The van der Waals surface area contributed by atoms with E-state index in [1.165, 1.54) is 31.1 Å². The number of nitrogens with zero attached hydrogens (tertiary/aromatic N) is 5. The number of sulfonamides is 1. The molecule has 0 fully saturated rings. The number of likely N-dealkylation sites (N-methyl/N-ethyl adjacent to an activating group) is 1. The van der Waals surface area contributed by atoms with Crippen molar-refractivity contribution < 1.29 is 45.5 Å². The quantitative estimate of drug-likeness (QED) is 0.0861. The van der Waals surface area contributed by atoms with Crippen molar-refractivity contribution in [1.29, 1.82) is 0 Å². The summed E-state index contributed by atoms with van der Waals surface area (Å²) in [6.07, 6.45) is -7.03. The van der Waals surface area contributed by atoms with Crippen LogP contribution in [0.2, 0.25) is 0 Å². The van der Waals surface area contributed by atoms with E-state index < -0.39 is 40.2 Å². The number of rotatable bonds is 12. The van der Waals surface area contributed by atoms with E-state index in [9.17, 15) is 31.2 Å². The Kier molecular flexibility index (Phi) is 10.8. The van der Waals surface area contributed by atoms with Crippen LogP contribution < -0.4 is 4.72 Å². The third kappa shape index (κ3) is 9.52. The Hall–Kier alpha value is -5.45. The molecule has 47 heavy (non-hydrogen) atoms. The predicted octanol–water partition coefficient (Wildman–Crippen LogP) is 5.72. The Labute approximate surface area is 267 Å². The van der Waals surface area contributed by atoms with Gasteiger partial charge in [0.25, 0.3) is 16.3 Å². The molecule has 0 aliphatic rings. The van der Waals surface area contributed by atoms with Crippen molar-refractivity contribution in [2.45, 2.75) is 31.2 Å². The van der Waals surface area contributed by atoms with Crippen LogP contribution in [0.1, 0.15) is 28.5 Å². The number of carbonyl (C=O) groups is 2. The molecule has 1 heterocycles. The first-order chi connectivity index (χ1) is 22.2. The van der Waals surface area contributed by atoms with E-state index in [4.69, 9.17) is 14.3 Å². The van der Waals surface area contributed by atoms with Crippen LogP contribution in [0.15, 0.2) is 100 Å². The average Bonchev–Trinajstić information content (AvgIpc) is 3.48. The van der Waals surface area contributed by atoms with Gasteiger partial charge in [-0.3, -0.25) is 5.01 Å². The van der Waals surface area contributed by atoms with Gasteiger partial charge >= 0.3 is 18.2 Å². The molecular formula is C30H29F3N6O7S. The van der Waals surface area contributed by atoms with Crippen LogP contribution in [0.25, 0.3) is 16.9 Å². The van der Waals surface area contributed by atoms with Gasteiger partial charge in [-0.05, 0) is 54.6 Å². The molecule has 1 aromatic heterocycles. The molecule has 4 rings (SSSR count). The molecule has 1 N–H and O–H groups in total. The van der Waals surface area contributed by atoms with Crippen LogP contribution in [0.4, 0.5) is 18.0 Å². The lowest BCUT2D eigenvalue weighted by atomic mass is 10.1. The third-order valence-corrected chi connectivity index (χ3v) is 7.60. The number of benzene rings is 3. The molecule has 3 aromatic carbocycles. The summed E-state index contributed by atoms with van der Waals surface area (Å²) in [6, 6.07) is 20.7. The Morgan fingerprint density at radius 1 is 1.02 bits per heavy atom. The first-order valence-corrected chi connectivity index (χ1v) is 15.3. The van der Waals surface area contributed by atoms with E-state index >= 15 is 0 Å². The first-order valence-electron chi connectivity index (χ1n) is 13.8. The van der Waals surface area contributed by atoms with Crippen molar-refractivity contribution in [1.82, 2.24) is 19.5 Å². The van der Waals surface area contributed by atoms with Gasteiger partial charge < -0.3 is 14.3 Å². The van der Waals surface area contributed by atoms with Crippen molar-refractivity contribution in [2.24, 2.45) is 10.5 Å². The number of alkyl halides is 3. The van der Waals surface area contributed by atoms with Crippen molar-refractivity contribution >= 4 is 22.1 Å². The highest BCUT2D eigenvalue weighted by atomic mass is 32.2. The molecular weight excluding hydrogens is 645 g/mol. The summed E-state index contributed by atoms with van der Waals surface area (Å²) >= 11 is 0. The van der Waals surface area contributed by atoms with Crippen molar-refractivity contribution in [3.63, 3.8) is 0 Å². The fraction of sp³-hybridized carbons (Fsp3) is 0.233. The summed E-state index contributed by atoms with van der Waals surface area (Å²) < 4.78 is 78.7. The van der Waals surface area contributed by atoms with Crippen LogP contribution >= 0.6 is 0 Å². The van der Waals surface area contributed by atoms with Gasteiger partial charge in [-0.15, -0.1) is 0 Å². The van der Waals surface area contributed by atoms with Crippen molar-refractivity contribution in [3.8, 4) is 16.9 Å². The molecule has 0 radical (unpaired) electrons. The minimum Gasteiger partial charge on any atom is -0.447 e. The average molecular weight is 675 g/mol. The zero-order valence-corrected chi connectivity index (χ0v) is 26.0. The van der Waals surface area contributed by atoms with E-state index in [0.717, 1.165) is 28.4 Å². The van der Waals surface area contributed by atoms with Crippen molar-refractivity contribution in [3.05, 3.63) is 102 Å². The summed E-state index contributed by atoms with van der Waals surface area (Å²) in [5.74, 6) is -0.614. The number of hydrogen-bond donors (Lipinski definition) is 1. The number of amides is 1. The molecule has 0 saturated carbocycles. The second-order valence-electron chi connectivity index (χ2n) is 9.92. The number of carbonyl (C=O) groups excluding carboxylic acids is 2. The Morgan fingerprint density at radius 2 is 1.68 bits per heavy atom. The molecule has 0 spiro atoms. The van der Waals surface area contributed by atoms with E-state index in [0.29, 0.717) is 11.1 Å². The predicted molar refractivity (Wildman–Crippen MR) is 160 cm³/mol. The molecule has 4 aromatic rings. The summed E-state index contributed by atoms with van der Waals surface area (Å²) in [4.78, 5) is 28.8. The number of esters is 1. The normalized spacial score (nSPS) is 12.4. The van der Waals surface area contributed by atoms with Crippen LogP contribution in [0.3, 0.4) is 0 Å². The standard InChI is InChI=1S/C30H29F3N6O7S/c1-20-9-11-22(12-10-20)26-19-27(30(31,32)33)34-39(26)24-13-15-25(16-14-24)47(42,43)35-29(41)44-18-17-38(3)36-37-46-21(2)45-28(40)23-7-5-4-6-8-23/h4-16,19,21H,17-18H2,1-3H3,(H,35,41)/b37-36-. The minimum atomic E-state index is -4.71. The molecule has 1 unspecified atom stereocenters. The van der Waals surface area contributed by atoms with Gasteiger partial charge in [-0.2, -0.15) is 18.3 Å². The lowest BCUT2D eigenvalue weighted by Gasteiger charge is -2.13. The number of nitrogens with one attached hydrogen (secondary N) is 1. The lowest BCUT2D eigenvalue weighted by Crippen LogP contribution is -2.32. The fourth-order valence-electron chi connectivity index (χ4n) is 3.89. The van der Waals surface area contributed by atoms with Gasteiger partial charge in [0.2, 0.25) is 0 Å². The summed E-state index contributed by atoms with van der Waals surface area (Å²) in [5.41, 5.74) is 0.894. The molecule has 0 aliphatic carbocycles. The number of halogens is 3. The van der Waals surface area contributed by atoms with Gasteiger partial charge in [0.1, 0.15) is 6.61 Å². The maximum atomic E-state index is 13.5. The zero-order valence-electron chi connectivity index (χ0n) is 25.2. The molecule has 0 bridgehead atoms. The van der Waals surface area contributed by atoms with Crippen LogP contribution in [-0.4, -0.2) is 61.8 Å². The summed E-state index contributed by atoms with van der Waals surface area (Å²) in [6.45, 7) is 2.96. The van der Waals surface area contributed by atoms with Crippen LogP contribution in [0, 0.1) is 6.92 Å². The van der Waals surface area contributed by atoms with Gasteiger partial charge in [0, 0.05) is 24.8 Å². The van der Waals surface area contributed by atoms with E-state index in [1.807, 2.05) is 6.92 Å². The molecule has 1 amide bonds. The third-order valence-electron chi connectivity index (χ3n) is 6.27. The van der Waals surface area contributed by atoms with Gasteiger partial charge in [-0.1, -0.05) is 48.0 Å². The largest absolute Gasteiger partial charge is 0.447 e. The molecule has 1 atom stereocenters. The number of aromatic nitrogens is 2. The second kappa shape index (κ2) is 14.8. The van der Waals surface area contributed by atoms with Gasteiger partial charge in [-0.25, -0.2) is 27.4 Å². The van der Waals surface area contributed by atoms with Gasteiger partial charge in [0.05, 0.1) is 28.4 Å². The second-order valence-corrected chi connectivity index (χ2v) is 11.6. The summed E-state index contributed by atoms with van der Waals surface area (Å²) in [5, 5.41) is 12.0. The highest BCUT2D eigenvalue weighted by Crippen LogP contribution is 2.33. The van der Waals surface area contributed by atoms with E-state index in [1.54, 1.807) is 59.3 Å². The highest BCUT2D eigenvalue weighted by Gasteiger charge is 2.35. The summed E-state index contributed by atoms with van der Waals surface area (Å²) in [7, 11) is -2.93. The maximum Gasteiger partial charge on any atom is 0.435 e. The number of ether oxygens (including phenoxy) is 2. The molecule has 0 aliphatic heterocycles. The zero-order chi connectivity index (χ0) is 34.2. The SMILES string of the molecule is Cc1ccc(-c2cc(C(F)(F)F)nn2-c2ccc(S(=O)(=O)NC(=O)OCCN(C)/N=N\OC(C)OC(=O)c3ccccc3)cc2)cc1. The Balaban J connectivity index is 1.29. The Bertz CT molecular complexity index is 1820. The fourth-order valence-corrected chi connectivity index (χ4v) is 4.78. The first kappa shape index (κ1) is 34.4. The number of aryl methyl sites for hydroxylation is 1. The van der Waals surface area contributed by atoms with E-state index in [2.05, 4.69) is 15.6 Å². The Morgan fingerprint density at radius 3 is 2.32 bits per heavy atom. The molecule has 17 heteroatoms. The lowest BCUT2D eigenvalue weighted by molar-refractivity contribution is -0.141. The molecule has 248 valence electrons. The molecule has 0 saturated heterocycles. The maximum absolute atomic E-state index is 13.5. The topological polar surface area (TPSA) is 154 Å². The van der Waals surface area contributed by atoms with Crippen LogP contribution in [0.5, 0.6) is 0 Å². The molecule has 13 nitrogen and oxygen atoms in total. The monoisotopic (exact) mass is 674 g/mol. The highest BCUT2D eigenvalue weighted by molar-refractivity contribution is 7.90. The number of hydrogen-bond acceptors (Lipinski definition) is 10. The van der Waals surface area contributed by atoms with Gasteiger partial charge in [0.15, 0.2) is 5.69 Å².